The summed E-state index contributed by atoms with van der Waals surface area (Å²) in [6.45, 7) is 0. The van der Waals surface area contributed by atoms with E-state index < -0.39 is 5.56 Å². The highest BCUT2D eigenvalue weighted by Gasteiger charge is 2.03. The molecular formula is C7H4N4O. The first-order valence-electron chi connectivity index (χ1n) is 3.02. The molecule has 0 aromatic carbocycles. The van der Waals surface area contributed by atoms with Gasteiger partial charge in [0.15, 0.2) is 0 Å². The number of nitrogens with zero attached hydrogens (tertiary/aromatic N) is 2. The van der Waals surface area contributed by atoms with E-state index in [4.69, 9.17) is 16.3 Å². The van der Waals surface area contributed by atoms with Gasteiger partial charge in [0.25, 0.3) is 5.56 Å². The van der Waals surface area contributed by atoms with Gasteiger partial charge in [-0.3, -0.25) is 4.79 Å². The summed E-state index contributed by atoms with van der Waals surface area (Å²) in [7, 11) is 0. The van der Waals surface area contributed by atoms with Crippen LogP contribution in [0, 0.1) is 22.7 Å². The summed E-state index contributed by atoms with van der Waals surface area (Å²) in [4.78, 5) is 13.1. The number of hydrogen-bond acceptors (Lipinski definition) is 4. The molecule has 0 unspecified atom stereocenters. The molecule has 0 spiro atoms. The topological polar surface area (TPSA) is 106 Å². The minimum absolute atomic E-state index is 0.0125. The Balaban J connectivity index is 3.54. The van der Waals surface area contributed by atoms with E-state index in [1.54, 1.807) is 12.1 Å². The van der Waals surface area contributed by atoms with Gasteiger partial charge in [0.05, 0.1) is 5.56 Å². The predicted molar refractivity (Wildman–Crippen MR) is 40.9 cm³/mol. The fourth-order valence-corrected chi connectivity index (χ4v) is 0.720. The third-order valence-electron chi connectivity index (χ3n) is 1.31. The monoisotopic (exact) mass is 160 g/mol. The van der Waals surface area contributed by atoms with Crippen molar-refractivity contribution in [3.63, 3.8) is 0 Å². The van der Waals surface area contributed by atoms with Crippen molar-refractivity contribution in [3.8, 4) is 12.1 Å². The van der Waals surface area contributed by atoms with Crippen LogP contribution in [0.2, 0.25) is 0 Å². The molecule has 1 heterocycles. The van der Waals surface area contributed by atoms with Crippen molar-refractivity contribution in [2.24, 2.45) is 0 Å². The summed E-state index contributed by atoms with van der Waals surface area (Å²) in [6, 6.07) is 4.56. The lowest BCUT2D eigenvalue weighted by Crippen LogP contribution is -2.13. The standard InChI is InChI=1S/C7H4N4O/c8-2-4-1-5(3-9)7(12)11-6(4)10/h1H,(H3,10,11,12). The second-order valence-corrected chi connectivity index (χ2v) is 2.06. The van der Waals surface area contributed by atoms with Gasteiger partial charge in [-0.1, -0.05) is 0 Å². The normalized spacial score (nSPS) is 8.50. The molecule has 1 rings (SSSR count). The average Bonchev–Trinajstić information content (AvgIpc) is 2.05. The molecule has 58 valence electrons. The van der Waals surface area contributed by atoms with Crippen LogP contribution < -0.4 is 11.3 Å². The number of rotatable bonds is 0. The fraction of sp³-hybridized carbons (Fsp3) is 0. The van der Waals surface area contributed by atoms with E-state index in [0.29, 0.717) is 0 Å². The number of anilines is 1. The molecule has 0 saturated carbocycles. The van der Waals surface area contributed by atoms with Crippen LogP contribution in [0.5, 0.6) is 0 Å². The zero-order valence-corrected chi connectivity index (χ0v) is 5.96. The number of H-pyrrole nitrogens is 1. The lowest BCUT2D eigenvalue weighted by atomic mass is 10.2. The van der Waals surface area contributed by atoms with Crippen molar-refractivity contribution in [1.29, 1.82) is 10.5 Å². The Morgan fingerprint density at radius 1 is 1.33 bits per heavy atom. The zero-order valence-electron chi connectivity index (χ0n) is 5.96. The second-order valence-electron chi connectivity index (χ2n) is 2.06. The van der Waals surface area contributed by atoms with Crippen LogP contribution in [-0.2, 0) is 0 Å². The van der Waals surface area contributed by atoms with Crippen LogP contribution in [0.25, 0.3) is 0 Å². The number of aromatic nitrogens is 1. The lowest BCUT2D eigenvalue weighted by molar-refractivity contribution is 1.21. The van der Waals surface area contributed by atoms with Gasteiger partial charge in [-0.15, -0.1) is 0 Å². The quantitative estimate of drug-likeness (QED) is 0.543. The Hall–Kier alpha value is -2.27. The van der Waals surface area contributed by atoms with Crippen molar-refractivity contribution in [2.45, 2.75) is 0 Å². The van der Waals surface area contributed by atoms with Crippen LogP contribution in [-0.4, -0.2) is 4.98 Å². The fourth-order valence-electron chi connectivity index (χ4n) is 0.720. The summed E-state index contributed by atoms with van der Waals surface area (Å²) in [5.41, 5.74) is 4.69. The molecule has 12 heavy (non-hydrogen) atoms. The molecule has 0 radical (unpaired) electrons. The van der Waals surface area contributed by atoms with Crippen LogP contribution in [0.1, 0.15) is 11.1 Å². The van der Waals surface area contributed by atoms with E-state index in [1.807, 2.05) is 0 Å². The zero-order chi connectivity index (χ0) is 9.14. The van der Waals surface area contributed by atoms with Gasteiger partial charge >= 0.3 is 0 Å². The Bertz CT molecular complexity index is 446. The molecule has 1 aromatic rings. The molecule has 0 atom stereocenters. The summed E-state index contributed by atoms with van der Waals surface area (Å²) in [5.74, 6) is -0.0125. The Morgan fingerprint density at radius 2 is 1.92 bits per heavy atom. The molecular weight excluding hydrogens is 156 g/mol. The van der Waals surface area contributed by atoms with Crippen LogP contribution in [0.4, 0.5) is 5.82 Å². The minimum Gasteiger partial charge on any atom is -0.384 e. The minimum atomic E-state index is -0.575. The lowest BCUT2D eigenvalue weighted by Gasteiger charge is -1.95. The van der Waals surface area contributed by atoms with Gasteiger partial charge in [-0.05, 0) is 6.07 Å². The number of nitrogens with two attached hydrogens (primary N) is 1. The third kappa shape index (κ3) is 1.11. The molecule has 0 bridgehead atoms. The number of nitrogens with one attached hydrogen (secondary N) is 1. The molecule has 0 aliphatic heterocycles. The van der Waals surface area contributed by atoms with Crippen molar-refractivity contribution in [2.75, 3.05) is 5.73 Å². The summed E-state index contributed by atoms with van der Waals surface area (Å²) in [5, 5.41) is 16.9. The molecule has 5 nitrogen and oxygen atoms in total. The predicted octanol–water partition coefficient (Wildman–Crippen LogP) is -0.300. The van der Waals surface area contributed by atoms with Crippen LogP contribution in [0.3, 0.4) is 0 Å². The Morgan fingerprint density at radius 3 is 2.42 bits per heavy atom. The molecule has 0 amide bonds. The third-order valence-corrected chi connectivity index (χ3v) is 1.31. The molecule has 0 aliphatic rings. The van der Waals surface area contributed by atoms with Crippen molar-refractivity contribution >= 4 is 5.82 Å². The maximum absolute atomic E-state index is 10.9. The van der Waals surface area contributed by atoms with Crippen molar-refractivity contribution in [1.82, 2.24) is 4.98 Å². The number of nitriles is 2. The number of aromatic amines is 1. The number of hydrogen-bond donors (Lipinski definition) is 2. The summed E-state index contributed by atoms with van der Waals surface area (Å²) < 4.78 is 0. The van der Waals surface area contributed by atoms with Crippen molar-refractivity contribution < 1.29 is 0 Å². The summed E-state index contributed by atoms with van der Waals surface area (Å²) in [6.07, 6.45) is 0. The molecule has 0 aliphatic carbocycles. The first-order chi connectivity index (χ1) is 5.69. The van der Waals surface area contributed by atoms with Gasteiger partial charge in [0.2, 0.25) is 0 Å². The van der Waals surface area contributed by atoms with Gasteiger partial charge in [-0.25, -0.2) is 0 Å². The SMILES string of the molecule is N#Cc1cc(C#N)c(=O)[nH]c1N. The maximum Gasteiger partial charge on any atom is 0.267 e. The van der Waals surface area contributed by atoms with Gasteiger partial charge < -0.3 is 10.7 Å². The van der Waals surface area contributed by atoms with Gasteiger partial charge in [0, 0.05) is 0 Å². The largest absolute Gasteiger partial charge is 0.384 e. The Labute approximate surface area is 67.7 Å². The molecule has 0 saturated heterocycles. The van der Waals surface area contributed by atoms with Gasteiger partial charge in [-0.2, -0.15) is 10.5 Å². The van der Waals surface area contributed by atoms with E-state index in [1.165, 1.54) is 0 Å². The summed E-state index contributed by atoms with van der Waals surface area (Å²) >= 11 is 0. The molecule has 1 aromatic heterocycles. The van der Waals surface area contributed by atoms with E-state index in [9.17, 15) is 4.79 Å². The molecule has 3 N–H and O–H groups in total. The van der Waals surface area contributed by atoms with Crippen molar-refractivity contribution in [3.05, 3.63) is 27.5 Å². The second kappa shape index (κ2) is 2.77. The highest BCUT2D eigenvalue weighted by molar-refractivity contribution is 5.51. The first kappa shape index (κ1) is 7.83. The van der Waals surface area contributed by atoms with E-state index >= 15 is 0 Å². The van der Waals surface area contributed by atoms with Crippen LogP contribution in [0.15, 0.2) is 10.9 Å². The van der Waals surface area contributed by atoms with E-state index in [-0.39, 0.29) is 16.9 Å². The van der Waals surface area contributed by atoms with Crippen LogP contribution >= 0.6 is 0 Å². The smallest absolute Gasteiger partial charge is 0.267 e. The maximum atomic E-state index is 10.9. The van der Waals surface area contributed by atoms with E-state index in [0.717, 1.165) is 6.07 Å². The highest BCUT2D eigenvalue weighted by Crippen LogP contribution is 2.04. The first-order valence-corrected chi connectivity index (χ1v) is 3.02. The Kier molecular flexibility index (Phi) is 1.81. The average molecular weight is 160 g/mol. The number of pyridine rings is 1. The highest BCUT2D eigenvalue weighted by atomic mass is 16.1. The number of nitrogen functional groups attached to an aromatic ring is 1. The molecule has 5 heteroatoms. The molecule has 0 fully saturated rings. The van der Waals surface area contributed by atoms with Gasteiger partial charge in [0.1, 0.15) is 23.5 Å². The van der Waals surface area contributed by atoms with E-state index in [2.05, 4.69) is 4.98 Å².